The number of anilines is 1. The van der Waals surface area contributed by atoms with Crippen molar-refractivity contribution in [1.29, 1.82) is 0 Å². The van der Waals surface area contributed by atoms with Crippen molar-refractivity contribution in [2.75, 3.05) is 12.4 Å². The zero-order chi connectivity index (χ0) is 15.7. The van der Waals surface area contributed by atoms with Crippen LogP contribution in [0.3, 0.4) is 0 Å². The highest BCUT2D eigenvalue weighted by Crippen LogP contribution is 2.34. The molecule has 22 heavy (non-hydrogen) atoms. The van der Waals surface area contributed by atoms with Gasteiger partial charge in [0.1, 0.15) is 5.83 Å². The smallest absolute Gasteiger partial charge is 0.122 e. The topological polar surface area (TPSA) is 24.9 Å². The van der Waals surface area contributed by atoms with E-state index in [9.17, 15) is 4.39 Å². The molecule has 1 unspecified atom stereocenters. The number of aryl methyl sites for hydroxylation is 1. The van der Waals surface area contributed by atoms with Gasteiger partial charge in [0, 0.05) is 41.3 Å². The van der Waals surface area contributed by atoms with Crippen LogP contribution >= 0.6 is 11.6 Å². The van der Waals surface area contributed by atoms with Gasteiger partial charge < -0.3 is 5.32 Å². The number of fused-ring (bicyclic) bond motifs is 1. The minimum atomic E-state index is -0.232. The summed E-state index contributed by atoms with van der Waals surface area (Å²) in [5.41, 5.74) is 3.19. The number of aromatic nitrogens is 1. The van der Waals surface area contributed by atoms with Crippen molar-refractivity contribution in [2.24, 2.45) is 5.92 Å². The lowest BCUT2D eigenvalue weighted by atomic mass is 9.92. The van der Waals surface area contributed by atoms with Crippen LogP contribution in [0.15, 0.2) is 47.4 Å². The molecule has 0 saturated heterocycles. The summed E-state index contributed by atoms with van der Waals surface area (Å²) in [6.45, 7) is 2.07. The SMILES string of the molecule is CNc1c(C)ccc2c(CC3CC=CC(Cl)=C3F)nccc12. The van der Waals surface area contributed by atoms with E-state index in [-0.39, 0.29) is 16.8 Å². The third-order valence-corrected chi connectivity index (χ3v) is 4.50. The van der Waals surface area contributed by atoms with Crippen LogP contribution in [0.5, 0.6) is 0 Å². The number of allylic oxidation sites excluding steroid dienone is 4. The average molecular weight is 317 g/mol. The largest absolute Gasteiger partial charge is 0.387 e. The van der Waals surface area contributed by atoms with Gasteiger partial charge in [-0.15, -0.1) is 0 Å². The van der Waals surface area contributed by atoms with Gasteiger partial charge in [0.05, 0.1) is 5.03 Å². The molecule has 0 saturated carbocycles. The highest BCUT2D eigenvalue weighted by atomic mass is 35.5. The van der Waals surface area contributed by atoms with E-state index >= 15 is 0 Å². The van der Waals surface area contributed by atoms with Gasteiger partial charge >= 0.3 is 0 Å². The molecule has 0 aliphatic heterocycles. The third kappa shape index (κ3) is 2.61. The van der Waals surface area contributed by atoms with Crippen molar-refractivity contribution in [3.05, 3.63) is 58.7 Å². The summed E-state index contributed by atoms with van der Waals surface area (Å²) in [5, 5.41) is 5.64. The Morgan fingerprint density at radius 2 is 2.14 bits per heavy atom. The van der Waals surface area contributed by atoms with Gasteiger partial charge in [-0.1, -0.05) is 29.8 Å². The molecule has 2 aromatic rings. The summed E-state index contributed by atoms with van der Waals surface area (Å²) in [4.78, 5) is 4.48. The molecule has 0 fully saturated rings. The van der Waals surface area contributed by atoms with Crippen molar-refractivity contribution in [2.45, 2.75) is 19.8 Å². The van der Waals surface area contributed by atoms with E-state index in [1.54, 1.807) is 12.3 Å². The number of hydrogen-bond donors (Lipinski definition) is 1. The van der Waals surface area contributed by atoms with Crippen LogP contribution in [0.4, 0.5) is 10.1 Å². The molecule has 1 N–H and O–H groups in total. The molecule has 114 valence electrons. The van der Waals surface area contributed by atoms with E-state index in [4.69, 9.17) is 11.6 Å². The number of nitrogens with zero attached hydrogens (tertiary/aromatic N) is 1. The Balaban J connectivity index is 2.04. The fraction of sp³-hybridized carbons (Fsp3) is 0.278. The minimum Gasteiger partial charge on any atom is -0.387 e. The highest BCUT2D eigenvalue weighted by molar-refractivity contribution is 6.31. The second-order valence-electron chi connectivity index (χ2n) is 5.60. The first-order chi connectivity index (χ1) is 10.6. The zero-order valence-corrected chi connectivity index (χ0v) is 13.4. The van der Waals surface area contributed by atoms with Crippen LogP contribution < -0.4 is 5.32 Å². The first-order valence-electron chi connectivity index (χ1n) is 7.38. The summed E-state index contributed by atoms with van der Waals surface area (Å²) in [5.74, 6) is -0.459. The molecule has 1 aliphatic carbocycles. The second-order valence-corrected chi connectivity index (χ2v) is 6.00. The number of benzene rings is 1. The first kappa shape index (κ1) is 15.0. The summed E-state index contributed by atoms with van der Waals surface area (Å²) in [6.07, 6.45) is 6.55. The fourth-order valence-corrected chi connectivity index (χ4v) is 3.28. The molecule has 1 aromatic heterocycles. The van der Waals surface area contributed by atoms with E-state index in [0.29, 0.717) is 12.8 Å². The van der Waals surface area contributed by atoms with Gasteiger partial charge in [-0.25, -0.2) is 4.39 Å². The summed E-state index contributed by atoms with van der Waals surface area (Å²) in [6, 6.07) is 6.13. The lowest BCUT2D eigenvalue weighted by molar-refractivity contribution is 0.456. The molecule has 0 bridgehead atoms. The van der Waals surface area contributed by atoms with E-state index in [1.165, 1.54) is 5.56 Å². The molecule has 3 rings (SSSR count). The molecule has 1 aliphatic rings. The number of rotatable bonds is 3. The molecule has 1 heterocycles. The molecular weight excluding hydrogens is 299 g/mol. The number of nitrogens with one attached hydrogen (secondary N) is 1. The summed E-state index contributed by atoms with van der Waals surface area (Å²) < 4.78 is 14.2. The first-order valence-corrected chi connectivity index (χ1v) is 7.76. The Morgan fingerprint density at radius 1 is 1.32 bits per heavy atom. The maximum Gasteiger partial charge on any atom is 0.122 e. The predicted octanol–water partition coefficient (Wildman–Crippen LogP) is 5.12. The van der Waals surface area contributed by atoms with Crippen molar-refractivity contribution >= 4 is 28.1 Å². The predicted molar refractivity (Wildman–Crippen MR) is 91.0 cm³/mol. The molecular formula is C18H18ClFN2. The summed E-state index contributed by atoms with van der Waals surface area (Å²) in [7, 11) is 1.91. The molecule has 1 atom stereocenters. The Labute approximate surface area is 134 Å². The Bertz CT molecular complexity index is 780. The molecule has 4 heteroatoms. The molecule has 2 nitrogen and oxygen atoms in total. The maximum atomic E-state index is 14.2. The molecule has 0 amide bonds. The third-order valence-electron chi connectivity index (χ3n) is 4.20. The van der Waals surface area contributed by atoms with Crippen molar-refractivity contribution < 1.29 is 4.39 Å². The van der Waals surface area contributed by atoms with Crippen molar-refractivity contribution in [1.82, 2.24) is 4.98 Å². The van der Waals surface area contributed by atoms with E-state index in [0.717, 1.165) is 22.2 Å². The molecule has 1 aromatic carbocycles. The van der Waals surface area contributed by atoms with Crippen LogP contribution in [-0.4, -0.2) is 12.0 Å². The quantitative estimate of drug-likeness (QED) is 0.849. The van der Waals surface area contributed by atoms with Crippen molar-refractivity contribution in [3.8, 4) is 0 Å². The standard InChI is InChI=1S/C18H18ClFN2/c1-11-6-7-13-14(18(11)21-2)8-9-22-16(13)10-12-4-3-5-15(19)17(12)20/h3,5-9,12,21H,4,10H2,1-2H3. The van der Waals surface area contributed by atoms with Crippen LogP contribution in [0, 0.1) is 12.8 Å². The van der Waals surface area contributed by atoms with Gasteiger partial charge in [-0.3, -0.25) is 4.98 Å². The average Bonchev–Trinajstić information content (AvgIpc) is 2.52. The molecule has 0 radical (unpaired) electrons. The molecule has 0 spiro atoms. The number of hydrogen-bond acceptors (Lipinski definition) is 2. The van der Waals surface area contributed by atoms with Crippen LogP contribution in [-0.2, 0) is 6.42 Å². The minimum absolute atomic E-state index is 0.211. The van der Waals surface area contributed by atoms with Crippen LogP contribution in [0.2, 0.25) is 0 Å². The Morgan fingerprint density at radius 3 is 2.91 bits per heavy atom. The fourth-order valence-electron chi connectivity index (χ4n) is 3.04. The Kier molecular flexibility index (Phi) is 4.16. The Hall–Kier alpha value is -1.87. The second kappa shape index (κ2) is 6.09. The normalized spacial score (nSPS) is 18.1. The van der Waals surface area contributed by atoms with E-state index < -0.39 is 0 Å². The van der Waals surface area contributed by atoms with Gasteiger partial charge in [0.2, 0.25) is 0 Å². The lowest BCUT2D eigenvalue weighted by Gasteiger charge is -2.18. The van der Waals surface area contributed by atoms with E-state index in [2.05, 4.69) is 29.4 Å². The van der Waals surface area contributed by atoms with Gasteiger partial charge in [0.25, 0.3) is 0 Å². The van der Waals surface area contributed by atoms with E-state index in [1.807, 2.05) is 19.2 Å². The van der Waals surface area contributed by atoms with Gasteiger partial charge in [-0.2, -0.15) is 0 Å². The number of pyridine rings is 1. The summed E-state index contributed by atoms with van der Waals surface area (Å²) >= 11 is 5.90. The van der Waals surface area contributed by atoms with Crippen LogP contribution in [0.1, 0.15) is 17.7 Å². The monoisotopic (exact) mass is 316 g/mol. The van der Waals surface area contributed by atoms with Gasteiger partial charge in [-0.05, 0) is 37.5 Å². The highest BCUT2D eigenvalue weighted by Gasteiger charge is 2.21. The van der Waals surface area contributed by atoms with Gasteiger partial charge in [0.15, 0.2) is 0 Å². The lowest BCUT2D eigenvalue weighted by Crippen LogP contribution is -2.10. The number of halogens is 2. The zero-order valence-electron chi connectivity index (χ0n) is 12.7. The van der Waals surface area contributed by atoms with Crippen molar-refractivity contribution in [3.63, 3.8) is 0 Å². The maximum absolute atomic E-state index is 14.2. The van der Waals surface area contributed by atoms with Crippen LogP contribution in [0.25, 0.3) is 10.8 Å².